The van der Waals surface area contributed by atoms with E-state index < -0.39 is 0 Å². The lowest BCUT2D eigenvalue weighted by molar-refractivity contribution is -0.114. The second-order valence-corrected chi connectivity index (χ2v) is 3.57. The lowest BCUT2D eigenvalue weighted by atomic mass is 10.2. The summed E-state index contributed by atoms with van der Waals surface area (Å²) in [6, 6.07) is 5.62. The third-order valence-corrected chi connectivity index (χ3v) is 2.50. The summed E-state index contributed by atoms with van der Waals surface area (Å²) in [7, 11) is 0. The molecule has 13 heavy (non-hydrogen) atoms. The van der Waals surface area contributed by atoms with Crippen molar-refractivity contribution in [2.75, 3.05) is 11.9 Å². The average Bonchev–Trinajstić information content (AvgIpc) is 2.11. The van der Waals surface area contributed by atoms with Gasteiger partial charge in [-0.2, -0.15) is 0 Å². The van der Waals surface area contributed by atoms with Crippen molar-refractivity contribution in [2.24, 2.45) is 5.73 Å². The summed E-state index contributed by atoms with van der Waals surface area (Å²) in [4.78, 5) is 10.9. The molecule has 3 N–H and O–H groups in total. The Balaban J connectivity index is 2.79. The van der Waals surface area contributed by atoms with Crippen LogP contribution in [-0.4, -0.2) is 12.5 Å². The van der Waals surface area contributed by atoms with E-state index in [1.807, 2.05) is 25.1 Å². The molecule has 0 radical (unpaired) electrons. The molecule has 3 nitrogen and oxygen atoms in total. The van der Waals surface area contributed by atoms with E-state index >= 15 is 0 Å². The van der Waals surface area contributed by atoms with E-state index in [1.54, 1.807) is 0 Å². The van der Waals surface area contributed by atoms with E-state index in [1.165, 1.54) is 0 Å². The highest BCUT2D eigenvalue weighted by atomic mass is 79.9. The van der Waals surface area contributed by atoms with Gasteiger partial charge in [0, 0.05) is 10.2 Å². The molecule has 0 atom stereocenters. The Labute approximate surface area is 85.4 Å². The van der Waals surface area contributed by atoms with Crippen LogP contribution in [0.2, 0.25) is 0 Å². The van der Waals surface area contributed by atoms with Gasteiger partial charge in [0.1, 0.15) is 0 Å². The molecule has 1 rings (SSSR count). The van der Waals surface area contributed by atoms with E-state index in [-0.39, 0.29) is 12.5 Å². The molecule has 0 aromatic heterocycles. The first-order valence-corrected chi connectivity index (χ1v) is 4.69. The Morgan fingerprint density at radius 2 is 2.31 bits per heavy atom. The summed E-state index contributed by atoms with van der Waals surface area (Å²) < 4.78 is 0.974. The minimum Gasteiger partial charge on any atom is -0.325 e. The first-order valence-electron chi connectivity index (χ1n) is 3.89. The molecule has 0 aliphatic heterocycles. The number of hydrogen-bond acceptors (Lipinski definition) is 2. The van der Waals surface area contributed by atoms with E-state index in [9.17, 15) is 4.79 Å². The quantitative estimate of drug-likeness (QED) is 0.829. The normalized spacial score (nSPS) is 9.77. The molecule has 0 saturated heterocycles. The van der Waals surface area contributed by atoms with Crippen molar-refractivity contribution in [3.63, 3.8) is 0 Å². The van der Waals surface area contributed by atoms with Crippen molar-refractivity contribution in [3.05, 3.63) is 28.2 Å². The second kappa shape index (κ2) is 4.39. The van der Waals surface area contributed by atoms with Crippen LogP contribution < -0.4 is 11.1 Å². The highest BCUT2D eigenvalue weighted by molar-refractivity contribution is 9.10. The monoisotopic (exact) mass is 242 g/mol. The zero-order valence-corrected chi connectivity index (χ0v) is 8.89. The van der Waals surface area contributed by atoms with Gasteiger partial charge in [-0.15, -0.1) is 0 Å². The number of halogens is 1. The first kappa shape index (κ1) is 10.2. The highest BCUT2D eigenvalue weighted by Gasteiger charge is 2.00. The lowest BCUT2D eigenvalue weighted by Gasteiger charge is -2.05. The fourth-order valence-corrected chi connectivity index (χ4v) is 1.26. The summed E-state index contributed by atoms with van der Waals surface area (Å²) in [5, 5.41) is 2.67. The van der Waals surface area contributed by atoms with Crippen LogP contribution >= 0.6 is 15.9 Å². The third kappa shape index (κ3) is 2.82. The molecular weight excluding hydrogens is 232 g/mol. The van der Waals surface area contributed by atoms with E-state index in [0.717, 1.165) is 15.7 Å². The van der Waals surface area contributed by atoms with Crippen molar-refractivity contribution >= 4 is 27.5 Å². The number of carbonyl (C=O) groups is 1. The van der Waals surface area contributed by atoms with Crippen molar-refractivity contribution in [1.82, 2.24) is 0 Å². The molecule has 70 valence electrons. The molecule has 0 saturated carbocycles. The van der Waals surface area contributed by atoms with Gasteiger partial charge in [-0.1, -0.05) is 22.0 Å². The fraction of sp³-hybridized carbons (Fsp3) is 0.222. The smallest absolute Gasteiger partial charge is 0.238 e. The number of nitrogens with one attached hydrogen (secondary N) is 1. The number of rotatable bonds is 2. The zero-order chi connectivity index (χ0) is 9.84. The summed E-state index contributed by atoms with van der Waals surface area (Å²) in [6.07, 6.45) is 0. The predicted molar refractivity (Wildman–Crippen MR) is 56.6 cm³/mol. The maximum Gasteiger partial charge on any atom is 0.238 e. The van der Waals surface area contributed by atoms with Crippen molar-refractivity contribution in [2.45, 2.75) is 6.92 Å². The minimum atomic E-state index is -0.184. The molecule has 1 aromatic carbocycles. The van der Waals surface area contributed by atoms with Crippen LogP contribution in [0.15, 0.2) is 22.7 Å². The van der Waals surface area contributed by atoms with E-state index in [0.29, 0.717) is 0 Å². The van der Waals surface area contributed by atoms with Gasteiger partial charge < -0.3 is 11.1 Å². The Kier molecular flexibility index (Phi) is 3.45. The van der Waals surface area contributed by atoms with E-state index in [4.69, 9.17) is 5.73 Å². The lowest BCUT2D eigenvalue weighted by Crippen LogP contribution is -2.21. The summed E-state index contributed by atoms with van der Waals surface area (Å²) >= 11 is 3.38. The van der Waals surface area contributed by atoms with Crippen molar-refractivity contribution in [1.29, 1.82) is 0 Å². The summed E-state index contributed by atoms with van der Waals surface area (Å²) in [5.41, 5.74) is 7.05. The van der Waals surface area contributed by atoms with E-state index in [2.05, 4.69) is 21.2 Å². The summed E-state index contributed by atoms with van der Waals surface area (Å²) in [6.45, 7) is 1.99. The second-order valence-electron chi connectivity index (χ2n) is 2.72. The third-order valence-electron chi connectivity index (χ3n) is 1.64. The van der Waals surface area contributed by atoms with Gasteiger partial charge in [0.05, 0.1) is 6.54 Å². The number of nitrogens with two attached hydrogens (primary N) is 1. The number of amides is 1. The number of anilines is 1. The standard InChI is InChI=1S/C9H11BrN2O/c1-6-2-3-7(4-8(6)10)12-9(13)5-11/h2-4H,5,11H2,1H3,(H,12,13). The highest BCUT2D eigenvalue weighted by Crippen LogP contribution is 2.20. The van der Waals surface area contributed by atoms with Gasteiger partial charge in [0.2, 0.25) is 5.91 Å². The first-order chi connectivity index (χ1) is 6.13. The van der Waals surface area contributed by atoms with Crippen molar-refractivity contribution in [3.8, 4) is 0 Å². The molecule has 0 aliphatic carbocycles. The molecule has 0 bridgehead atoms. The van der Waals surface area contributed by atoms with Gasteiger partial charge in [0.15, 0.2) is 0 Å². The van der Waals surface area contributed by atoms with Gasteiger partial charge in [0.25, 0.3) is 0 Å². The fourth-order valence-electron chi connectivity index (χ4n) is 0.883. The zero-order valence-electron chi connectivity index (χ0n) is 7.30. The largest absolute Gasteiger partial charge is 0.325 e. The van der Waals surface area contributed by atoms with Gasteiger partial charge in [-0.05, 0) is 24.6 Å². The topological polar surface area (TPSA) is 55.1 Å². The Bertz CT molecular complexity index is 325. The molecule has 0 heterocycles. The molecule has 1 aromatic rings. The van der Waals surface area contributed by atoms with Gasteiger partial charge in [-0.3, -0.25) is 4.79 Å². The molecule has 0 fully saturated rings. The molecule has 0 spiro atoms. The maximum absolute atomic E-state index is 10.9. The van der Waals surface area contributed by atoms with Crippen LogP contribution in [0.4, 0.5) is 5.69 Å². The maximum atomic E-state index is 10.9. The molecular formula is C9H11BrN2O. The average molecular weight is 243 g/mol. The van der Waals surface area contributed by atoms with Gasteiger partial charge >= 0.3 is 0 Å². The van der Waals surface area contributed by atoms with Crippen LogP contribution in [0.5, 0.6) is 0 Å². The molecule has 1 amide bonds. The molecule has 0 aliphatic rings. The molecule has 4 heteroatoms. The SMILES string of the molecule is Cc1ccc(NC(=O)CN)cc1Br. The number of carbonyl (C=O) groups excluding carboxylic acids is 1. The predicted octanol–water partition coefficient (Wildman–Crippen LogP) is 1.65. The van der Waals surface area contributed by atoms with Crippen LogP contribution in [0, 0.1) is 6.92 Å². The number of benzene rings is 1. The minimum absolute atomic E-state index is 0.00545. The Hall–Kier alpha value is -0.870. The number of aryl methyl sites for hydroxylation is 1. The molecule has 0 unspecified atom stereocenters. The summed E-state index contributed by atoms with van der Waals surface area (Å²) in [5.74, 6) is -0.184. The van der Waals surface area contributed by atoms with Gasteiger partial charge in [-0.25, -0.2) is 0 Å². The van der Waals surface area contributed by atoms with Crippen LogP contribution in [0.3, 0.4) is 0 Å². The van der Waals surface area contributed by atoms with Crippen LogP contribution in [0.1, 0.15) is 5.56 Å². The Morgan fingerprint density at radius 1 is 1.62 bits per heavy atom. The van der Waals surface area contributed by atoms with Crippen LogP contribution in [-0.2, 0) is 4.79 Å². The number of hydrogen-bond donors (Lipinski definition) is 2. The Morgan fingerprint density at radius 3 is 2.85 bits per heavy atom. The van der Waals surface area contributed by atoms with Crippen molar-refractivity contribution < 1.29 is 4.79 Å². The van der Waals surface area contributed by atoms with Crippen LogP contribution in [0.25, 0.3) is 0 Å².